The molecule has 122 valence electrons. The predicted molar refractivity (Wildman–Crippen MR) is 81.0 cm³/mol. The molecule has 3 aromatic rings. The number of hydrogen-bond acceptors (Lipinski definition) is 4. The van der Waals surface area contributed by atoms with Crippen LogP contribution in [0.25, 0.3) is 11.3 Å². The van der Waals surface area contributed by atoms with E-state index in [9.17, 15) is 13.6 Å². The van der Waals surface area contributed by atoms with Crippen molar-refractivity contribution in [3.05, 3.63) is 65.4 Å². The molecule has 0 aliphatic rings. The summed E-state index contributed by atoms with van der Waals surface area (Å²) in [5.74, 6) is -2.21. The van der Waals surface area contributed by atoms with Gasteiger partial charge in [-0.2, -0.15) is 15.4 Å². The Kier molecular flexibility index (Phi) is 4.19. The number of aromatic nitrogens is 3. The Morgan fingerprint density at radius 2 is 2.00 bits per heavy atom. The summed E-state index contributed by atoms with van der Waals surface area (Å²) in [4.78, 5) is 11.3. The van der Waals surface area contributed by atoms with Gasteiger partial charge in [0.05, 0.1) is 0 Å². The molecule has 0 aliphatic heterocycles. The number of hydrogen-bond donors (Lipinski definition) is 2. The number of benzene rings is 2. The van der Waals surface area contributed by atoms with Crippen molar-refractivity contribution in [1.82, 2.24) is 15.4 Å². The van der Waals surface area contributed by atoms with E-state index in [0.29, 0.717) is 16.8 Å². The lowest BCUT2D eigenvalue weighted by molar-refractivity contribution is 0.0996. The van der Waals surface area contributed by atoms with Gasteiger partial charge >= 0.3 is 0 Å². The van der Waals surface area contributed by atoms with Gasteiger partial charge in [0, 0.05) is 11.6 Å². The molecule has 0 saturated heterocycles. The van der Waals surface area contributed by atoms with E-state index in [0.717, 1.165) is 12.1 Å². The third-order valence-electron chi connectivity index (χ3n) is 3.27. The predicted octanol–water partition coefficient (Wildman–Crippen LogP) is 2.43. The topological polar surface area (TPSA) is 93.9 Å². The average molecular weight is 330 g/mol. The van der Waals surface area contributed by atoms with Gasteiger partial charge in [0.25, 0.3) is 5.91 Å². The number of halogens is 2. The molecule has 3 rings (SSSR count). The van der Waals surface area contributed by atoms with E-state index in [2.05, 4.69) is 15.4 Å². The van der Waals surface area contributed by atoms with Crippen molar-refractivity contribution in [3.8, 4) is 17.0 Å². The molecule has 0 spiro atoms. The second-order valence-electron chi connectivity index (χ2n) is 4.95. The van der Waals surface area contributed by atoms with E-state index in [1.165, 1.54) is 6.07 Å². The number of carbonyl (C=O) groups excluding carboxylic acids is 1. The van der Waals surface area contributed by atoms with Crippen LogP contribution in [0.4, 0.5) is 8.78 Å². The molecule has 0 aliphatic carbocycles. The molecule has 8 heteroatoms. The van der Waals surface area contributed by atoms with Crippen LogP contribution in [0.3, 0.4) is 0 Å². The van der Waals surface area contributed by atoms with Gasteiger partial charge in [0.15, 0.2) is 17.3 Å². The van der Waals surface area contributed by atoms with E-state index < -0.39 is 17.5 Å². The van der Waals surface area contributed by atoms with Gasteiger partial charge in [-0.05, 0) is 23.8 Å². The van der Waals surface area contributed by atoms with Gasteiger partial charge < -0.3 is 10.5 Å². The molecule has 0 radical (unpaired) electrons. The summed E-state index contributed by atoms with van der Waals surface area (Å²) in [6.07, 6.45) is 0. The van der Waals surface area contributed by atoms with E-state index in [4.69, 9.17) is 10.5 Å². The van der Waals surface area contributed by atoms with Crippen LogP contribution in [0.15, 0.2) is 42.5 Å². The molecule has 1 heterocycles. The Hall–Kier alpha value is -3.29. The average Bonchev–Trinajstić information content (AvgIpc) is 3.04. The van der Waals surface area contributed by atoms with Crippen molar-refractivity contribution in [2.45, 2.75) is 6.61 Å². The van der Waals surface area contributed by atoms with Gasteiger partial charge in [-0.1, -0.05) is 18.2 Å². The summed E-state index contributed by atoms with van der Waals surface area (Å²) >= 11 is 0. The monoisotopic (exact) mass is 330 g/mol. The van der Waals surface area contributed by atoms with E-state index in [1.54, 1.807) is 24.3 Å². The number of nitrogens with zero attached hydrogens (tertiary/aromatic N) is 2. The number of rotatable bonds is 5. The molecule has 2 aromatic carbocycles. The van der Waals surface area contributed by atoms with Gasteiger partial charge in [-0.15, -0.1) is 0 Å². The Labute approximate surface area is 135 Å². The summed E-state index contributed by atoms with van der Waals surface area (Å²) in [5.41, 5.74) is 6.89. The van der Waals surface area contributed by atoms with Crippen molar-refractivity contribution in [3.63, 3.8) is 0 Å². The first-order valence-electron chi connectivity index (χ1n) is 6.92. The largest absolute Gasteiger partial charge is 0.486 e. The summed E-state index contributed by atoms with van der Waals surface area (Å²) in [7, 11) is 0. The Morgan fingerprint density at radius 3 is 2.75 bits per heavy atom. The molecule has 0 fully saturated rings. The highest BCUT2D eigenvalue weighted by atomic mass is 19.1. The van der Waals surface area contributed by atoms with Crippen LogP contribution in [0, 0.1) is 11.6 Å². The minimum absolute atomic E-state index is 0.0256. The lowest BCUT2D eigenvalue weighted by Gasteiger charge is -2.08. The van der Waals surface area contributed by atoms with E-state index >= 15 is 0 Å². The van der Waals surface area contributed by atoms with Gasteiger partial charge in [-0.3, -0.25) is 4.79 Å². The highest BCUT2D eigenvalue weighted by Crippen LogP contribution is 2.23. The zero-order valence-corrected chi connectivity index (χ0v) is 12.3. The maximum Gasteiger partial charge on any atom is 0.271 e. The highest BCUT2D eigenvalue weighted by molar-refractivity contribution is 5.96. The Bertz CT molecular complexity index is 895. The molecule has 0 atom stereocenters. The van der Waals surface area contributed by atoms with Crippen molar-refractivity contribution in [1.29, 1.82) is 0 Å². The minimum atomic E-state index is -0.779. The second-order valence-corrected chi connectivity index (χ2v) is 4.95. The standard InChI is InChI=1S/C16H12F2N4O2/c17-11-4-5-13(12(18)7-11)24-8-9-2-1-3-10(6-9)14-15(16(19)23)21-22-20-14/h1-7H,8H2,(H2,19,23)(H,20,21,22). The van der Waals surface area contributed by atoms with Crippen LogP contribution in [-0.4, -0.2) is 21.3 Å². The number of H-pyrrole nitrogens is 1. The number of aromatic amines is 1. The number of amides is 1. The molecule has 3 N–H and O–H groups in total. The Morgan fingerprint density at radius 1 is 1.17 bits per heavy atom. The zero-order valence-electron chi connectivity index (χ0n) is 12.3. The fourth-order valence-corrected chi connectivity index (χ4v) is 2.17. The molecule has 6 nitrogen and oxygen atoms in total. The normalized spacial score (nSPS) is 10.6. The number of carbonyl (C=O) groups is 1. The summed E-state index contributed by atoms with van der Waals surface area (Å²) in [6.45, 7) is 0.0557. The maximum atomic E-state index is 13.6. The fraction of sp³-hybridized carbons (Fsp3) is 0.0625. The molecular formula is C16H12F2N4O2. The third-order valence-corrected chi connectivity index (χ3v) is 3.27. The van der Waals surface area contributed by atoms with Crippen molar-refractivity contribution >= 4 is 5.91 Å². The van der Waals surface area contributed by atoms with E-state index in [1.807, 2.05) is 0 Å². The zero-order chi connectivity index (χ0) is 17.1. The van der Waals surface area contributed by atoms with Crippen LogP contribution >= 0.6 is 0 Å². The van der Waals surface area contributed by atoms with Crippen molar-refractivity contribution < 1.29 is 18.3 Å². The number of nitrogens with two attached hydrogens (primary N) is 1. The van der Waals surface area contributed by atoms with E-state index in [-0.39, 0.29) is 18.1 Å². The third kappa shape index (κ3) is 3.22. The Balaban J connectivity index is 1.81. The van der Waals surface area contributed by atoms with Crippen LogP contribution in [-0.2, 0) is 6.61 Å². The smallest absolute Gasteiger partial charge is 0.271 e. The molecule has 0 bridgehead atoms. The van der Waals surface area contributed by atoms with Crippen molar-refractivity contribution in [2.24, 2.45) is 5.73 Å². The van der Waals surface area contributed by atoms with Crippen LogP contribution in [0.1, 0.15) is 16.1 Å². The molecule has 24 heavy (non-hydrogen) atoms. The SMILES string of the molecule is NC(=O)c1n[nH]nc1-c1cccc(COc2ccc(F)cc2F)c1. The lowest BCUT2D eigenvalue weighted by Crippen LogP contribution is -2.12. The van der Waals surface area contributed by atoms with Crippen LogP contribution in [0.2, 0.25) is 0 Å². The van der Waals surface area contributed by atoms with Gasteiger partial charge in [0.1, 0.15) is 18.1 Å². The summed E-state index contributed by atoms with van der Waals surface area (Å²) in [6, 6.07) is 10.0. The minimum Gasteiger partial charge on any atom is -0.486 e. The quantitative estimate of drug-likeness (QED) is 0.751. The van der Waals surface area contributed by atoms with Gasteiger partial charge in [0.2, 0.25) is 0 Å². The van der Waals surface area contributed by atoms with Crippen LogP contribution in [0.5, 0.6) is 5.75 Å². The number of ether oxygens (including phenoxy) is 1. The summed E-state index contributed by atoms with van der Waals surface area (Å²) < 4.78 is 31.8. The first-order valence-corrected chi connectivity index (χ1v) is 6.92. The first-order chi connectivity index (χ1) is 11.5. The second kappa shape index (κ2) is 6.45. The van der Waals surface area contributed by atoms with Crippen LogP contribution < -0.4 is 10.5 Å². The number of primary amides is 1. The van der Waals surface area contributed by atoms with Gasteiger partial charge in [-0.25, -0.2) is 8.78 Å². The fourth-order valence-electron chi connectivity index (χ4n) is 2.17. The number of nitrogens with one attached hydrogen (secondary N) is 1. The molecule has 0 saturated carbocycles. The molecule has 0 unspecified atom stereocenters. The first kappa shape index (κ1) is 15.6. The highest BCUT2D eigenvalue weighted by Gasteiger charge is 2.15. The van der Waals surface area contributed by atoms with Crippen molar-refractivity contribution in [2.75, 3.05) is 0 Å². The summed E-state index contributed by atoms with van der Waals surface area (Å²) in [5, 5.41) is 9.97. The lowest BCUT2D eigenvalue weighted by atomic mass is 10.1. The maximum absolute atomic E-state index is 13.6. The molecule has 1 amide bonds. The molecular weight excluding hydrogens is 318 g/mol. The molecule has 1 aromatic heterocycles.